The third-order valence-electron chi connectivity index (χ3n) is 3.66. The van der Waals surface area contributed by atoms with Gasteiger partial charge in [-0.25, -0.2) is 0 Å². The Hall–Kier alpha value is -1.36. The Kier molecular flexibility index (Phi) is 5.36. The first kappa shape index (κ1) is 16.5. The van der Waals surface area contributed by atoms with E-state index in [1.165, 1.54) is 48.0 Å². The molecule has 0 amide bonds. The monoisotopic (exact) mass is 359 g/mol. The zero-order valence-electron chi connectivity index (χ0n) is 13.7. The summed E-state index contributed by atoms with van der Waals surface area (Å²) in [6.45, 7) is 4.33. The number of rotatable bonds is 3. The van der Waals surface area contributed by atoms with Crippen molar-refractivity contribution < 1.29 is 0 Å². The summed E-state index contributed by atoms with van der Waals surface area (Å²) in [6, 6.07) is 9.08. The molecule has 0 aliphatic carbocycles. The van der Waals surface area contributed by atoms with Crippen molar-refractivity contribution in [3.8, 4) is 0 Å². The van der Waals surface area contributed by atoms with Crippen LogP contribution < -0.4 is 5.32 Å². The van der Waals surface area contributed by atoms with E-state index in [9.17, 15) is 0 Å². The second kappa shape index (κ2) is 7.47. The Morgan fingerprint density at radius 1 is 1.00 bits per heavy atom. The maximum absolute atomic E-state index is 2.99. The average molecular weight is 360 g/mol. The molecule has 4 aromatic heterocycles. The molecule has 120 valence electrons. The smallest absolute Gasteiger partial charge is 0.0449 e. The highest BCUT2D eigenvalue weighted by atomic mass is 32.1. The van der Waals surface area contributed by atoms with E-state index in [1.807, 2.05) is 47.3 Å². The second-order valence-electron chi connectivity index (χ2n) is 5.59. The lowest BCUT2D eigenvalue weighted by Gasteiger charge is -1.94. The highest BCUT2D eigenvalue weighted by Gasteiger charge is 2.03. The molecule has 0 radical (unpaired) electrons. The van der Waals surface area contributed by atoms with E-state index in [0.29, 0.717) is 0 Å². The molecular formula is C19H21NS3. The molecule has 4 aromatic rings. The summed E-state index contributed by atoms with van der Waals surface area (Å²) in [5.74, 6) is 0. The molecule has 4 heteroatoms. The largest absolute Gasteiger partial charge is 0.394 e. The van der Waals surface area contributed by atoms with Crippen LogP contribution >= 0.6 is 34.0 Å². The van der Waals surface area contributed by atoms with Crippen molar-refractivity contribution in [3.63, 3.8) is 0 Å². The van der Waals surface area contributed by atoms with E-state index >= 15 is 0 Å². The molecule has 0 fully saturated rings. The fourth-order valence-corrected chi connectivity index (χ4v) is 5.59. The molecule has 0 saturated heterocycles. The van der Waals surface area contributed by atoms with Crippen LogP contribution in [0.1, 0.15) is 26.7 Å². The third-order valence-corrected chi connectivity index (χ3v) is 7.00. The standard InChI is InChI=1S/C12H6S3.C7H15N/c1-2-10-12-4-8(6-14-12)7-3-11(13-5-7)9(1)15-10;1-4-5-7(2)6-8-3/h1-6H;6,8H,4-5H2,1-3H3/b;7-6+. The van der Waals surface area contributed by atoms with Crippen molar-refractivity contribution in [2.24, 2.45) is 0 Å². The normalized spacial score (nSPS) is 11.9. The molecule has 0 spiro atoms. The molecule has 4 heterocycles. The van der Waals surface area contributed by atoms with Gasteiger partial charge in [-0.05, 0) is 65.3 Å². The number of thiophene rings is 3. The van der Waals surface area contributed by atoms with Gasteiger partial charge in [-0.3, -0.25) is 0 Å². The first-order valence-corrected chi connectivity index (χ1v) is 10.4. The van der Waals surface area contributed by atoms with Gasteiger partial charge in [0.2, 0.25) is 0 Å². The lowest BCUT2D eigenvalue weighted by atomic mass is 10.2. The van der Waals surface area contributed by atoms with E-state index in [1.54, 1.807) is 0 Å². The zero-order chi connectivity index (χ0) is 16.2. The van der Waals surface area contributed by atoms with Crippen LogP contribution in [-0.2, 0) is 0 Å². The summed E-state index contributed by atoms with van der Waals surface area (Å²) in [6.07, 6.45) is 4.49. The summed E-state index contributed by atoms with van der Waals surface area (Å²) in [7, 11) is 1.93. The maximum atomic E-state index is 2.99. The van der Waals surface area contributed by atoms with Crippen LogP contribution in [0.25, 0.3) is 29.6 Å². The number of fused-ring (bicyclic) bond motifs is 9. The zero-order valence-corrected chi connectivity index (χ0v) is 16.1. The van der Waals surface area contributed by atoms with Gasteiger partial charge in [0.1, 0.15) is 0 Å². The summed E-state index contributed by atoms with van der Waals surface area (Å²) in [5, 5.41) is 10.2. The molecule has 0 atom stereocenters. The van der Waals surface area contributed by atoms with E-state index in [4.69, 9.17) is 0 Å². The van der Waals surface area contributed by atoms with Gasteiger partial charge < -0.3 is 5.32 Å². The van der Waals surface area contributed by atoms with Crippen LogP contribution in [0.2, 0.25) is 0 Å². The van der Waals surface area contributed by atoms with Gasteiger partial charge in [0.15, 0.2) is 0 Å². The number of nitrogens with one attached hydrogen (secondary N) is 1. The van der Waals surface area contributed by atoms with Crippen molar-refractivity contribution in [1.29, 1.82) is 0 Å². The van der Waals surface area contributed by atoms with Crippen LogP contribution in [0.4, 0.5) is 0 Å². The topological polar surface area (TPSA) is 12.0 Å². The van der Waals surface area contributed by atoms with Crippen LogP contribution in [0.15, 0.2) is 46.8 Å². The van der Waals surface area contributed by atoms with Gasteiger partial charge in [-0.1, -0.05) is 18.9 Å². The molecular weight excluding hydrogens is 338 g/mol. The molecule has 4 rings (SSSR count). The Labute approximate surface area is 149 Å². The summed E-state index contributed by atoms with van der Waals surface area (Å²) >= 11 is 5.58. The quantitative estimate of drug-likeness (QED) is 0.406. The number of hydrogen-bond donors (Lipinski definition) is 1. The maximum Gasteiger partial charge on any atom is 0.0449 e. The van der Waals surface area contributed by atoms with Crippen molar-refractivity contribution in [2.75, 3.05) is 7.05 Å². The molecule has 0 saturated carbocycles. The summed E-state index contributed by atoms with van der Waals surface area (Å²) < 4.78 is 5.59. The number of allylic oxidation sites excluding steroid dienone is 1. The van der Waals surface area contributed by atoms with Crippen LogP contribution in [0.3, 0.4) is 0 Å². The Bertz CT molecular complexity index is 774. The molecule has 6 bridgehead atoms. The van der Waals surface area contributed by atoms with E-state index < -0.39 is 0 Å². The lowest BCUT2D eigenvalue weighted by molar-refractivity contribution is 0.887. The Morgan fingerprint density at radius 3 is 2.04 bits per heavy atom. The molecule has 0 unspecified atom stereocenters. The third kappa shape index (κ3) is 3.77. The minimum Gasteiger partial charge on any atom is -0.394 e. The minimum atomic E-state index is 1.21. The highest BCUT2D eigenvalue weighted by molar-refractivity contribution is 7.31. The summed E-state index contributed by atoms with van der Waals surface area (Å²) in [5.41, 5.74) is 1.43. The molecule has 1 nitrogen and oxygen atoms in total. The predicted molar refractivity (Wildman–Crippen MR) is 110 cm³/mol. The molecule has 0 aliphatic heterocycles. The van der Waals surface area contributed by atoms with Crippen molar-refractivity contribution in [1.82, 2.24) is 5.32 Å². The fraction of sp³-hybridized carbons (Fsp3) is 0.263. The van der Waals surface area contributed by atoms with Crippen LogP contribution in [0.5, 0.6) is 0 Å². The Morgan fingerprint density at radius 2 is 1.57 bits per heavy atom. The van der Waals surface area contributed by atoms with Crippen molar-refractivity contribution in [2.45, 2.75) is 26.7 Å². The van der Waals surface area contributed by atoms with Gasteiger partial charge in [-0.15, -0.1) is 34.0 Å². The first-order chi connectivity index (χ1) is 11.2. The Balaban J connectivity index is 0.000000170. The van der Waals surface area contributed by atoms with Crippen LogP contribution in [-0.4, -0.2) is 7.05 Å². The van der Waals surface area contributed by atoms with Crippen LogP contribution in [0, 0.1) is 0 Å². The minimum absolute atomic E-state index is 1.21. The van der Waals surface area contributed by atoms with Gasteiger partial charge >= 0.3 is 0 Å². The van der Waals surface area contributed by atoms with Gasteiger partial charge in [0.05, 0.1) is 0 Å². The molecule has 1 N–H and O–H groups in total. The summed E-state index contributed by atoms with van der Waals surface area (Å²) in [4.78, 5) is 0. The van der Waals surface area contributed by atoms with Crippen molar-refractivity contribution >= 4 is 63.6 Å². The van der Waals surface area contributed by atoms with Crippen molar-refractivity contribution in [3.05, 3.63) is 46.8 Å². The average Bonchev–Trinajstić information content (AvgIpc) is 3.26. The fourth-order valence-electron chi connectivity index (χ4n) is 2.55. The lowest BCUT2D eigenvalue weighted by Crippen LogP contribution is -1.93. The van der Waals surface area contributed by atoms with E-state index in [2.05, 4.69) is 54.2 Å². The van der Waals surface area contributed by atoms with E-state index in [-0.39, 0.29) is 0 Å². The molecule has 23 heavy (non-hydrogen) atoms. The van der Waals surface area contributed by atoms with Gasteiger partial charge in [0, 0.05) is 25.8 Å². The second-order valence-corrected chi connectivity index (χ2v) is 8.50. The molecule has 0 aromatic carbocycles. The number of hydrogen-bond acceptors (Lipinski definition) is 4. The highest BCUT2D eigenvalue weighted by Crippen LogP contribution is 2.35. The SMILES string of the molecule is CCC/C(C)=C/NC.c1sc2cc1c1csc(c1)c1ccc2s1. The van der Waals surface area contributed by atoms with E-state index in [0.717, 1.165) is 0 Å². The first-order valence-electron chi connectivity index (χ1n) is 7.82. The molecule has 0 aliphatic rings. The predicted octanol–water partition coefficient (Wildman–Crippen LogP) is 7.24. The van der Waals surface area contributed by atoms with Gasteiger partial charge in [0.25, 0.3) is 0 Å². The van der Waals surface area contributed by atoms with Gasteiger partial charge in [-0.2, -0.15) is 0 Å².